The number of anilines is 1. The van der Waals surface area contributed by atoms with E-state index in [0.717, 1.165) is 15.4 Å². The molecule has 0 aliphatic carbocycles. The lowest BCUT2D eigenvalue weighted by Gasteiger charge is -2.17. The van der Waals surface area contributed by atoms with Crippen LogP contribution in [0.3, 0.4) is 0 Å². The topological polar surface area (TPSA) is 87.7 Å². The van der Waals surface area contributed by atoms with Gasteiger partial charge in [-0.15, -0.1) is 0 Å². The first-order chi connectivity index (χ1) is 13.2. The SMILES string of the molecule is COc1ccc(S(=O)(=O)N(C)C)cc1NC(=O)CN[C@@H](C)c1ccccc1C. The minimum absolute atomic E-state index is 0.00528. The van der Waals surface area contributed by atoms with Crippen molar-refractivity contribution in [1.29, 1.82) is 0 Å². The van der Waals surface area contributed by atoms with Crippen LogP contribution in [0.15, 0.2) is 47.4 Å². The number of ether oxygens (including phenoxy) is 1. The van der Waals surface area contributed by atoms with Gasteiger partial charge in [-0.3, -0.25) is 4.79 Å². The van der Waals surface area contributed by atoms with E-state index in [-0.39, 0.29) is 23.4 Å². The van der Waals surface area contributed by atoms with E-state index < -0.39 is 10.0 Å². The Labute approximate surface area is 166 Å². The molecule has 2 N–H and O–H groups in total. The number of benzene rings is 2. The summed E-state index contributed by atoms with van der Waals surface area (Å²) >= 11 is 0. The lowest BCUT2D eigenvalue weighted by Crippen LogP contribution is -2.30. The van der Waals surface area contributed by atoms with Gasteiger partial charge in [0.2, 0.25) is 15.9 Å². The minimum Gasteiger partial charge on any atom is -0.495 e. The normalized spacial score (nSPS) is 12.6. The summed E-state index contributed by atoms with van der Waals surface area (Å²) in [5.74, 6) is 0.0937. The van der Waals surface area contributed by atoms with Gasteiger partial charge in [0.05, 0.1) is 24.2 Å². The van der Waals surface area contributed by atoms with E-state index in [4.69, 9.17) is 4.74 Å². The number of nitrogens with zero attached hydrogens (tertiary/aromatic N) is 1. The van der Waals surface area contributed by atoms with Crippen LogP contribution in [-0.4, -0.2) is 46.4 Å². The van der Waals surface area contributed by atoms with Gasteiger partial charge in [0.25, 0.3) is 0 Å². The Hall–Kier alpha value is -2.42. The Morgan fingerprint density at radius 3 is 2.46 bits per heavy atom. The van der Waals surface area contributed by atoms with Crippen molar-refractivity contribution in [1.82, 2.24) is 9.62 Å². The van der Waals surface area contributed by atoms with Gasteiger partial charge >= 0.3 is 0 Å². The molecule has 28 heavy (non-hydrogen) atoms. The fourth-order valence-electron chi connectivity index (χ4n) is 2.78. The van der Waals surface area contributed by atoms with E-state index in [9.17, 15) is 13.2 Å². The molecule has 0 saturated heterocycles. The molecule has 1 atom stereocenters. The van der Waals surface area contributed by atoms with Crippen molar-refractivity contribution >= 4 is 21.6 Å². The maximum atomic E-state index is 12.4. The molecule has 2 aromatic rings. The molecular weight excluding hydrogens is 378 g/mol. The second-order valence-electron chi connectivity index (χ2n) is 6.66. The number of aryl methyl sites for hydroxylation is 1. The molecule has 0 aliphatic rings. The Kier molecular flexibility index (Phi) is 7.17. The van der Waals surface area contributed by atoms with Crippen LogP contribution in [0.25, 0.3) is 0 Å². The van der Waals surface area contributed by atoms with E-state index in [1.54, 1.807) is 0 Å². The van der Waals surface area contributed by atoms with Crippen molar-refractivity contribution in [2.45, 2.75) is 24.8 Å². The molecule has 0 fully saturated rings. The average molecular weight is 406 g/mol. The molecule has 2 rings (SSSR count). The molecule has 7 nitrogen and oxygen atoms in total. The summed E-state index contributed by atoms with van der Waals surface area (Å²) in [6.07, 6.45) is 0. The second kappa shape index (κ2) is 9.18. The van der Waals surface area contributed by atoms with Crippen LogP contribution < -0.4 is 15.4 Å². The van der Waals surface area contributed by atoms with Gasteiger partial charge in [-0.1, -0.05) is 24.3 Å². The highest BCUT2D eigenvalue weighted by molar-refractivity contribution is 7.89. The number of sulfonamides is 1. The summed E-state index contributed by atoms with van der Waals surface area (Å²) < 4.78 is 31.0. The van der Waals surface area contributed by atoms with Gasteiger partial charge in [-0.25, -0.2) is 12.7 Å². The largest absolute Gasteiger partial charge is 0.495 e. The van der Waals surface area contributed by atoms with Gasteiger partial charge in [0.15, 0.2) is 0 Å². The van der Waals surface area contributed by atoms with Crippen LogP contribution in [0, 0.1) is 6.92 Å². The zero-order valence-electron chi connectivity index (χ0n) is 16.8. The van der Waals surface area contributed by atoms with Gasteiger partial charge < -0.3 is 15.4 Å². The predicted octanol–water partition coefficient (Wildman–Crippen LogP) is 2.54. The molecule has 0 unspecified atom stereocenters. The lowest BCUT2D eigenvalue weighted by atomic mass is 10.0. The highest BCUT2D eigenvalue weighted by Crippen LogP contribution is 2.28. The van der Waals surface area contributed by atoms with Crippen LogP contribution in [0.1, 0.15) is 24.1 Å². The van der Waals surface area contributed by atoms with Crippen molar-refractivity contribution in [2.75, 3.05) is 33.1 Å². The van der Waals surface area contributed by atoms with Crippen LogP contribution in [0.4, 0.5) is 5.69 Å². The molecule has 0 aliphatic heterocycles. The number of hydrogen-bond acceptors (Lipinski definition) is 5. The Balaban J connectivity index is 2.11. The zero-order valence-corrected chi connectivity index (χ0v) is 17.6. The number of hydrogen-bond donors (Lipinski definition) is 2. The predicted molar refractivity (Wildman–Crippen MR) is 110 cm³/mol. The zero-order chi connectivity index (χ0) is 20.9. The molecule has 152 valence electrons. The maximum absolute atomic E-state index is 12.4. The van der Waals surface area contributed by atoms with E-state index in [1.807, 2.05) is 38.1 Å². The smallest absolute Gasteiger partial charge is 0.242 e. The number of carbonyl (C=O) groups is 1. The molecule has 0 heterocycles. The molecule has 0 bridgehead atoms. The third-order valence-corrected chi connectivity index (χ3v) is 6.26. The van der Waals surface area contributed by atoms with Crippen molar-refractivity contribution in [3.05, 3.63) is 53.6 Å². The van der Waals surface area contributed by atoms with Gasteiger partial charge in [0.1, 0.15) is 5.75 Å². The van der Waals surface area contributed by atoms with Crippen LogP contribution in [-0.2, 0) is 14.8 Å². The molecule has 0 aromatic heterocycles. The first kappa shape index (κ1) is 21.9. The molecule has 1 amide bonds. The summed E-state index contributed by atoms with van der Waals surface area (Å²) in [5.41, 5.74) is 2.57. The number of amides is 1. The quantitative estimate of drug-likeness (QED) is 0.705. The molecule has 2 aromatic carbocycles. The van der Waals surface area contributed by atoms with E-state index in [0.29, 0.717) is 11.4 Å². The monoisotopic (exact) mass is 405 g/mol. The second-order valence-corrected chi connectivity index (χ2v) is 8.81. The highest BCUT2D eigenvalue weighted by atomic mass is 32.2. The molecule has 0 spiro atoms. The van der Waals surface area contributed by atoms with Gasteiger partial charge in [-0.2, -0.15) is 0 Å². The molecule has 0 saturated carbocycles. The summed E-state index contributed by atoms with van der Waals surface area (Å²) in [7, 11) is 0.752. The first-order valence-electron chi connectivity index (χ1n) is 8.86. The highest BCUT2D eigenvalue weighted by Gasteiger charge is 2.20. The van der Waals surface area contributed by atoms with E-state index in [2.05, 4.69) is 10.6 Å². The fourth-order valence-corrected chi connectivity index (χ4v) is 3.71. The van der Waals surface area contributed by atoms with E-state index >= 15 is 0 Å². The molecular formula is C20H27N3O4S. The van der Waals surface area contributed by atoms with Crippen molar-refractivity contribution in [3.63, 3.8) is 0 Å². The Morgan fingerprint density at radius 1 is 1.18 bits per heavy atom. The number of nitrogens with one attached hydrogen (secondary N) is 2. The average Bonchev–Trinajstić information content (AvgIpc) is 2.66. The lowest BCUT2D eigenvalue weighted by molar-refractivity contribution is -0.115. The van der Waals surface area contributed by atoms with Crippen molar-refractivity contribution in [2.24, 2.45) is 0 Å². The first-order valence-corrected chi connectivity index (χ1v) is 10.3. The van der Waals surface area contributed by atoms with Crippen molar-refractivity contribution < 1.29 is 17.9 Å². The van der Waals surface area contributed by atoms with Crippen molar-refractivity contribution in [3.8, 4) is 5.75 Å². The molecule has 0 radical (unpaired) electrons. The maximum Gasteiger partial charge on any atom is 0.242 e. The standard InChI is InChI=1S/C20H27N3O4S/c1-14-8-6-7-9-17(14)15(2)21-13-20(24)22-18-12-16(10-11-19(18)27-5)28(25,26)23(3)4/h6-12,15,21H,13H2,1-5H3,(H,22,24)/t15-/m0/s1. The summed E-state index contributed by atoms with van der Waals surface area (Å²) in [5, 5.41) is 5.91. The minimum atomic E-state index is -3.62. The van der Waals surface area contributed by atoms with Crippen LogP contribution in [0.2, 0.25) is 0 Å². The number of methoxy groups -OCH3 is 1. The summed E-state index contributed by atoms with van der Waals surface area (Å²) in [4.78, 5) is 12.5. The van der Waals surface area contributed by atoms with Gasteiger partial charge in [-0.05, 0) is 43.2 Å². The third kappa shape index (κ3) is 5.09. The molecule has 8 heteroatoms. The van der Waals surface area contributed by atoms with Gasteiger partial charge in [0, 0.05) is 20.1 Å². The number of rotatable bonds is 8. The third-order valence-electron chi connectivity index (χ3n) is 4.45. The van der Waals surface area contributed by atoms with Crippen LogP contribution >= 0.6 is 0 Å². The fraction of sp³-hybridized carbons (Fsp3) is 0.350. The summed E-state index contributed by atoms with van der Waals surface area (Å²) in [6, 6.07) is 12.3. The van der Waals surface area contributed by atoms with E-state index in [1.165, 1.54) is 39.4 Å². The van der Waals surface area contributed by atoms with Crippen LogP contribution in [0.5, 0.6) is 5.75 Å². The Morgan fingerprint density at radius 2 is 1.86 bits per heavy atom. The summed E-state index contributed by atoms with van der Waals surface area (Å²) in [6.45, 7) is 4.08. The Bertz CT molecular complexity index is 942. The number of carbonyl (C=O) groups excluding carboxylic acids is 1.